The fraction of sp³-hybridized carbons (Fsp3) is 0.455. The molecule has 0 radical (unpaired) electrons. The summed E-state index contributed by atoms with van der Waals surface area (Å²) in [7, 11) is 0. The van der Waals surface area contributed by atoms with E-state index in [0.717, 1.165) is 12.8 Å². The van der Waals surface area contributed by atoms with Crippen LogP contribution in [0.4, 0.5) is 0 Å². The van der Waals surface area contributed by atoms with Crippen molar-refractivity contribution in [3.05, 3.63) is 35.4 Å². The molecule has 0 saturated carbocycles. The highest BCUT2D eigenvalue weighted by atomic mass is 79.9. The van der Waals surface area contributed by atoms with Gasteiger partial charge < -0.3 is 5.11 Å². The van der Waals surface area contributed by atoms with Gasteiger partial charge in [-0.1, -0.05) is 56.1 Å². The Kier molecular flexibility index (Phi) is 3.30. The summed E-state index contributed by atoms with van der Waals surface area (Å²) in [6.07, 6.45) is 1.60. The van der Waals surface area contributed by atoms with Crippen LogP contribution in [0.25, 0.3) is 0 Å². The first-order valence-electron chi connectivity index (χ1n) is 4.74. The van der Waals surface area contributed by atoms with Crippen LogP contribution in [0.2, 0.25) is 0 Å². The van der Waals surface area contributed by atoms with Gasteiger partial charge in [0.25, 0.3) is 0 Å². The molecule has 1 aliphatic rings. The largest absolute Gasteiger partial charge is 0.392 e. The molecule has 0 saturated heterocycles. The van der Waals surface area contributed by atoms with Gasteiger partial charge in [-0.25, -0.2) is 0 Å². The first kappa shape index (κ1) is 10.7. The van der Waals surface area contributed by atoms with Crippen LogP contribution < -0.4 is 0 Å². The molecule has 0 aromatic heterocycles. The molecule has 1 aliphatic carbocycles. The smallest absolute Gasteiger partial charge is 0.0791 e. The molecule has 3 heteroatoms. The minimum Gasteiger partial charge on any atom is -0.392 e. The highest BCUT2D eigenvalue weighted by Crippen LogP contribution is 2.39. The standard InChI is InChI=1S/C11H12Br2O/c12-11(13)10-8-4-2-1-3-7(8)5-6-9(10)14/h1-4,9-11,14H,5-6H2/t9-,10-/m1/s1. The number of aliphatic hydroxyl groups is 1. The fourth-order valence-electron chi connectivity index (χ4n) is 2.08. The number of fused-ring (bicyclic) bond motifs is 1. The van der Waals surface area contributed by atoms with E-state index < -0.39 is 0 Å². The lowest BCUT2D eigenvalue weighted by Gasteiger charge is -2.31. The van der Waals surface area contributed by atoms with Gasteiger partial charge in [0.2, 0.25) is 0 Å². The number of aliphatic hydroxyl groups excluding tert-OH is 1. The van der Waals surface area contributed by atoms with Gasteiger partial charge in [0.15, 0.2) is 0 Å². The summed E-state index contributed by atoms with van der Waals surface area (Å²) in [6.45, 7) is 0. The second kappa shape index (κ2) is 4.33. The monoisotopic (exact) mass is 318 g/mol. The Hall–Kier alpha value is 0.140. The number of halogens is 2. The van der Waals surface area contributed by atoms with Crippen LogP contribution >= 0.6 is 31.9 Å². The Morgan fingerprint density at radius 2 is 2.00 bits per heavy atom. The van der Waals surface area contributed by atoms with Gasteiger partial charge in [0.05, 0.1) is 9.84 Å². The molecule has 0 fully saturated rings. The van der Waals surface area contributed by atoms with E-state index in [-0.39, 0.29) is 15.8 Å². The van der Waals surface area contributed by atoms with E-state index in [2.05, 4.69) is 50.1 Å². The lowest BCUT2D eigenvalue weighted by atomic mass is 9.82. The molecule has 0 amide bonds. The first-order valence-corrected chi connectivity index (χ1v) is 6.57. The molecule has 0 unspecified atom stereocenters. The molecule has 0 spiro atoms. The zero-order valence-electron chi connectivity index (χ0n) is 7.66. The van der Waals surface area contributed by atoms with Crippen molar-refractivity contribution < 1.29 is 5.11 Å². The zero-order chi connectivity index (χ0) is 10.1. The number of alkyl halides is 2. The van der Waals surface area contributed by atoms with E-state index in [4.69, 9.17) is 0 Å². The van der Waals surface area contributed by atoms with Crippen molar-refractivity contribution in [3.8, 4) is 0 Å². The van der Waals surface area contributed by atoms with Crippen molar-refractivity contribution in [2.75, 3.05) is 0 Å². The van der Waals surface area contributed by atoms with Gasteiger partial charge in [-0.05, 0) is 24.0 Å². The summed E-state index contributed by atoms with van der Waals surface area (Å²) in [5, 5.41) is 9.93. The highest BCUT2D eigenvalue weighted by Gasteiger charge is 2.31. The third-order valence-corrected chi connectivity index (χ3v) is 3.95. The Bertz CT molecular complexity index is 325. The summed E-state index contributed by atoms with van der Waals surface area (Å²) < 4.78 is 0.145. The molecule has 14 heavy (non-hydrogen) atoms. The van der Waals surface area contributed by atoms with Crippen LogP contribution in [0, 0.1) is 0 Å². The Balaban J connectivity index is 2.41. The second-order valence-corrected chi connectivity index (χ2v) is 6.87. The average Bonchev–Trinajstić information content (AvgIpc) is 2.17. The minimum absolute atomic E-state index is 0.145. The van der Waals surface area contributed by atoms with Crippen LogP contribution in [0.3, 0.4) is 0 Å². The van der Waals surface area contributed by atoms with E-state index in [9.17, 15) is 5.11 Å². The van der Waals surface area contributed by atoms with Gasteiger partial charge in [-0.15, -0.1) is 0 Å². The number of benzene rings is 1. The molecule has 1 N–H and O–H groups in total. The van der Waals surface area contributed by atoms with Crippen molar-refractivity contribution >= 4 is 31.9 Å². The molecule has 1 aromatic carbocycles. The Morgan fingerprint density at radius 3 is 2.71 bits per heavy atom. The number of hydrogen-bond donors (Lipinski definition) is 1. The lowest BCUT2D eigenvalue weighted by Crippen LogP contribution is -2.28. The van der Waals surface area contributed by atoms with Crippen LogP contribution in [0.15, 0.2) is 24.3 Å². The van der Waals surface area contributed by atoms with Crippen molar-refractivity contribution in [2.45, 2.75) is 28.6 Å². The van der Waals surface area contributed by atoms with Gasteiger partial charge in [-0.3, -0.25) is 0 Å². The summed E-state index contributed by atoms with van der Waals surface area (Å²) in [5.41, 5.74) is 2.64. The molecule has 76 valence electrons. The molecule has 0 heterocycles. The molecule has 0 bridgehead atoms. The molecular weight excluding hydrogens is 308 g/mol. The topological polar surface area (TPSA) is 20.2 Å². The summed E-state index contributed by atoms with van der Waals surface area (Å²) >= 11 is 7.01. The van der Waals surface area contributed by atoms with Crippen molar-refractivity contribution in [3.63, 3.8) is 0 Å². The predicted octanol–water partition coefficient (Wildman–Crippen LogP) is 3.19. The molecule has 2 atom stereocenters. The normalized spacial score (nSPS) is 26.3. The van der Waals surface area contributed by atoms with E-state index in [1.54, 1.807) is 0 Å². The maximum absolute atomic E-state index is 9.93. The Morgan fingerprint density at radius 1 is 1.29 bits per heavy atom. The summed E-state index contributed by atoms with van der Waals surface area (Å²) in [6, 6.07) is 8.35. The van der Waals surface area contributed by atoms with Crippen molar-refractivity contribution in [2.24, 2.45) is 0 Å². The molecule has 1 aromatic rings. The third-order valence-electron chi connectivity index (χ3n) is 2.81. The number of aryl methyl sites for hydroxylation is 1. The maximum Gasteiger partial charge on any atom is 0.0791 e. The predicted molar refractivity (Wildman–Crippen MR) is 65.2 cm³/mol. The summed E-state index contributed by atoms with van der Waals surface area (Å²) in [5.74, 6) is 0.167. The van der Waals surface area contributed by atoms with E-state index in [1.165, 1.54) is 11.1 Å². The highest BCUT2D eigenvalue weighted by molar-refractivity contribution is 9.24. The van der Waals surface area contributed by atoms with Crippen molar-refractivity contribution in [1.29, 1.82) is 0 Å². The number of hydrogen-bond acceptors (Lipinski definition) is 1. The van der Waals surface area contributed by atoms with Gasteiger partial charge >= 0.3 is 0 Å². The lowest BCUT2D eigenvalue weighted by molar-refractivity contribution is 0.132. The van der Waals surface area contributed by atoms with Crippen LogP contribution in [-0.2, 0) is 6.42 Å². The maximum atomic E-state index is 9.93. The minimum atomic E-state index is -0.242. The van der Waals surface area contributed by atoms with Gasteiger partial charge in [0, 0.05) is 5.92 Å². The average molecular weight is 320 g/mol. The second-order valence-electron chi connectivity index (χ2n) is 3.67. The fourth-order valence-corrected chi connectivity index (χ4v) is 3.36. The SMILES string of the molecule is O[C@@H]1CCc2ccccc2[C@H]1C(Br)Br. The van der Waals surface area contributed by atoms with Crippen LogP contribution in [0.5, 0.6) is 0 Å². The summed E-state index contributed by atoms with van der Waals surface area (Å²) in [4.78, 5) is 0. The molecule has 0 aliphatic heterocycles. The van der Waals surface area contributed by atoms with Gasteiger partial charge in [0.1, 0.15) is 0 Å². The number of rotatable bonds is 1. The molecule has 1 nitrogen and oxygen atoms in total. The third kappa shape index (κ3) is 1.90. The quantitative estimate of drug-likeness (QED) is 0.788. The Labute approximate surface area is 101 Å². The van der Waals surface area contributed by atoms with Crippen LogP contribution in [-0.4, -0.2) is 14.9 Å². The molecule has 2 rings (SSSR count). The van der Waals surface area contributed by atoms with Gasteiger partial charge in [-0.2, -0.15) is 0 Å². The van der Waals surface area contributed by atoms with E-state index >= 15 is 0 Å². The zero-order valence-corrected chi connectivity index (χ0v) is 10.8. The first-order chi connectivity index (χ1) is 6.70. The van der Waals surface area contributed by atoms with Crippen LogP contribution in [0.1, 0.15) is 23.5 Å². The molecular formula is C11H12Br2O. The van der Waals surface area contributed by atoms with E-state index in [0.29, 0.717) is 0 Å². The van der Waals surface area contributed by atoms with E-state index in [1.807, 2.05) is 6.07 Å². The van der Waals surface area contributed by atoms with Crippen molar-refractivity contribution in [1.82, 2.24) is 0 Å².